The molecule has 0 atom stereocenters. The minimum absolute atomic E-state index is 0.0662. The minimum Gasteiger partial charge on any atom is -0.504 e. The molecule has 2 aliphatic carbocycles. The quantitative estimate of drug-likeness (QED) is 0.895. The Balaban J connectivity index is 1.34. The second-order valence-electron chi connectivity index (χ2n) is 7.80. The summed E-state index contributed by atoms with van der Waals surface area (Å²) in [6.07, 6.45) is 7.29. The van der Waals surface area contributed by atoms with E-state index in [1.807, 2.05) is 12.1 Å². The molecular weight excluding hydrogens is 326 g/mol. The topological polar surface area (TPSA) is 51.1 Å². The Bertz CT molecular complexity index is 842. The SMILES string of the molecule is Oc1ccc(C2=NOC3(CCCC3)C2)cc1OC1Cc2ccccc2C1. The highest BCUT2D eigenvalue weighted by Crippen LogP contribution is 2.41. The number of fused-ring (bicyclic) bond motifs is 1. The van der Waals surface area contributed by atoms with E-state index in [0.29, 0.717) is 5.75 Å². The van der Waals surface area contributed by atoms with Crippen LogP contribution in [0.5, 0.6) is 11.5 Å². The van der Waals surface area contributed by atoms with Gasteiger partial charge in [-0.05, 0) is 55.0 Å². The molecular formula is C22H23NO3. The van der Waals surface area contributed by atoms with Gasteiger partial charge in [-0.25, -0.2) is 0 Å². The van der Waals surface area contributed by atoms with Crippen molar-refractivity contribution in [3.8, 4) is 11.5 Å². The maximum atomic E-state index is 10.3. The first-order chi connectivity index (χ1) is 12.7. The molecule has 1 saturated carbocycles. The van der Waals surface area contributed by atoms with Crippen LogP contribution in [0.2, 0.25) is 0 Å². The van der Waals surface area contributed by atoms with E-state index in [9.17, 15) is 5.11 Å². The Kier molecular flexibility index (Phi) is 3.66. The van der Waals surface area contributed by atoms with Crippen molar-refractivity contribution in [2.45, 2.75) is 56.7 Å². The number of rotatable bonds is 3. The maximum absolute atomic E-state index is 10.3. The van der Waals surface area contributed by atoms with Crippen LogP contribution in [-0.4, -0.2) is 22.5 Å². The largest absolute Gasteiger partial charge is 0.504 e. The van der Waals surface area contributed by atoms with Gasteiger partial charge in [0.2, 0.25) is 0 Å². The number of hydrogen-bond acceptors (Lipinski definition) is 4. The Morgan fingerprint density at radius 1 is 1.04 bits per heavy atom. The van der Waals surface area contributed by atoms with Crippen molar-refractivity contribution in [1.29, 1.82) is 0 Å². The van der Waals surface area contributed by atoms with Gasteiger partial charge in [-0.1, -0.05) is 29.4 Å². The zero-order valence-corrected chi connectivity index (χ0v) is 14.8. The molecule has 3 aliphatic rings. The van der Waals surface area contributed by atoms with Gasteiger partial charge in [0.15, 0.2) is 11.5 Å². The van der Waals surface area contributed by atoms with Crippen molar-refractivity contribution in [2.75, 3.05) is 0 Å². The summed E-state index contributed by atoms with van der Waals surface area (Å²) in [6.45, 7) is 0. The van der Waals surface area contributed by atoms with E-state index in [0.717, 1.165) is 43.4 Å². The molecule has 1 fully saturated rings. The highest BCUT2D eigenvalue weighted by molar-refractivity contribution is 6.02. The van der Waals surface area contributed by atoms with E-state index >= 15 is 0 Å². The molecule has 5 rings (SSSR count). The fourth-order valence-electron chi connectivity index (χ4n) is 4.53. The molecule has 4 nitrogen and oxygen atoms in total. The average Bonchev–Trinajstić information content (AvgIpc) is 3.37. The van der Waals surface area contributed by atoms with Crippen molar-refractivity contribution in [3.05, 3.63) is 59.2 Å². The molecule has 0 amide bonds. The molecule has 1 N–H and O–H groups in total. The van der Waals surface area contributed by atoms with Crippen LogP contribution >= 0.6 is 0 Å². The number of phenolic OH excluding ortho intramolecular Hbond substituents is 1. The monoisotopic (exact) mass is 349 g/mol. The second-order valence-corrected chi connectivity index (χ2v) is 7.80. The number of oxime groups is 1. The number of ether oxygens (including phenoxy) is 1. The number of hydrogen-bond donors (Lipinski definition) is 1. The lowest BCUT2D eigenvalue weighted by Crippen LogP contribution is -2.24. The summed E-state index contributed by atoms with van der Waals surface area (Å²) >= 11 is 0. The van der Waals surface area contributed by atoms with Crippen molar-refractivity contribution in [3.63, 3.8) is 0 Å². The van der Waals surface area contributed by atoms with Crippen LogP contribution in [0.15, 0.2) is 47.6 Å². The smallest absolute Gasteiger partial charge is 0.162 e. The number of phenols is 1. The van der Waals surface area contributed by atoms with E-state index in [-0.39, 0.29) is 17.5 Å². The summed E-state index contributed by atoms with van der Waals surface area (Å²) in [4.78, 5) is 5.80. The standard InChI is InChI=1S/C22H23NO3/c24-20-8-7-17(19-14-22(26-23-19)9-3-4-10-22)13-21(20)25-18-11-15-5-1-2-6-16(15)12-18/h1-2,5-8,13,18,24H,3-4,9-12,14H2. The first-order valence-electron chi connectivity index (χ1n) is 9.53. The lowest BCUT2D eigenvalue weighted by molar-refractivity contribution is -0.0126. The first kappa shape index (κ1) is 15.7. The van der Waals surface area contributed by atoms with E-state index in [2.05, 4.69) is 29.4 Å². The molecule has 0 bridgehead atoms. The molecule has 0 unspecified atom stereocenters. The molecule has 26 heavy (non-hydrogen) atoms. The van der Waals surface area contributed by atoms with Crippen LogP contribution in [0.25, 0.3) is 0 Å². The normalized spacial score (nSPS) is 20.8. The van der Waals surface area contributed by atoms with Gasteiger partial charge in [-0.3, -0.25) is 0 Å². The number of aromatic hydroxyl groups is 1. The summed E-state index contributed by atoms with van der Waals surface area (Å²) in [5.41, 5.74) is 4.54. The zero-order valence-electron chi connectivity index (χ0n) is 14.8. The van der Waals surface area contributed by atoms with E-state index in [1.165, 1.54) is 24.0 Å². The van der Waals surface area contributed by atoms with E-state index < -0.39 is 0 Å². The van der Waals surface area contributed by atoms with Crippen LogP contribution in [0.3, 0.4) is 0 Å². The average molecular weight is 349 g/mol. The highest BCUT2D eigenvalue weighted by Gasteiger charge is 2.42. The van der Waals surface area contributed by atoms with Gasteiger partial charge in [0, 0.05) is 24.8 Å². The molecule has 1 heterocycles. The summed E-state index contributed by atoms with van der Waals surface area (Å²) in [5.74, 6) is 0.718. The number of benzene rings is 2. The lowest BCUT2D eigenvalue weighted by Gasteiger charge is -2.19. The molecule has 4 heteroatoms. The predicted octanol–water partition coefficient (Wildman–Crippen LogP) is 4.38. The third-order valence-electron chi connectivity index (χ3n) is 5.95. The van der Waals surface area contributed by atoms with Crippen LogP contribution in [0.1, 0.15) is 48.8 Å². The summed E-state index contributed by atoms with van der Waals surface area (Å²) < 4.78 is 6.16. The molecule has 1 spiro atoms. The molecule has 2 aromatic carbocycles. The lowest BCUT2D eigenvalue weighted by atomic mass is 9.93. The third kappa shape index (κ3) is 2.74. The van der Waals surface area contributed by atoms with Crippen LogP contribution in [0.4, 0.5) is 0 Å². The van der Waals surface area contributed by atoms with Gasteiger partial charge in [-0.15, -0.1) is 0 Å². The Labute approximate surface area is 153 Å². The Morgan fingerprint density at radius 2 is 1.77 bits per heavy atom. The van der Waals surface area contributed by atoms with Gasteiger partial charge in [0.25, 0.3) is 0 Å². The van der Waals surface area contributed by atoms with Crippen molar-refractivity contribution in [2.24, 2.45) is 5.16 Å². The highest BCUT2D eigenvalue weighted by atomic mass is 16.7. The molecule has 2 aromatic rings. The zero-order chi connectivity index (χ0) is 17.6. The van der Waals surface area contributed by atoms with Crippen LogP contribution in [-0.2, 0) is 17.7 Å². The second kappa shape index (κ2) is 6.04. The maximum Gasteiger partial charge on any atom is 0.162 e. The fraction of sp³-hybridized carbons (Fsp3) is 0.409. The van der Waals surface area contributed by atoms with Crippen molar-refractivity contribution < 1.29 is 14.7 Å². The third-order valence-corrected chi connectivity index (χ3v) is 5.95. The van der Waals surface area contributed by atoms with Crippen molar-refractivity contribution in [1.82, 2.24) is 0 Å². The van der Waals surface area contributed by atoms with Crippen molar-refractivity contribution >= 4 is 5.71 Å². The molecule has 134 valence electrons. The summed E-state index contributed by atoms with van der Waals surface area (Å²) in [6, 6.07) is 14.0. The van der Waals surface area contributed by atoms with Crippen LogP contribution in [0, 0.1) is 0 Å². The molecule has 1 aliphatic heterocycles. The summed E-state index contributed by atoms with van der Waals surface area (Å²) in [7, 11) is 0. The van der Waals surface area contributed by atoms with Gasteiger partial charge in [-0.2, -0.15) is 0 Å². The van der Waals surface area contributed by atoms with Crippen LogP contribution < -0.4 is 4.74 Å². The number of nitrogens with zero attached hydrogens (tertiary/aromatic N) is 1. The minimum atomic E-state index is -0.0820. The van der Waals surface area contributed by atoms with Gasteiger partial charge in [0.05, 0.1) is 5.71 Å². The van der Waals surface area contributed by atoms with Gasteiger partial charge >= 0.3 is 0 Å². The van der Waals surface area contributed by atoms with Gasteiger partial charge in [0.1, 0.15) is 11.7 Å². The summed E-state index contributed by atoms with van der Waals surface area (Å²) in [5, 5.41) is 14.6. The van der Waals surface area contributed by atoms with E-state index in [4.69, 9.17) is 9.57 Å². The first-order valence-corrected chi connectivity index (χ1v) is 9.53. The van der Waals surface area contributed by atoms with Gasteiger partial charge < -0.3 is 14.7 Å². The predicted molar refractivity (Wildman–Crippen MR) is 99.8 cm³/mol. The fourth-order valence-corrected chi connectivity index (χ4v) is 4.53. The molecule has 0 radical (unpaired) electrons. The van der Waals surface area contributed by atoms with E-state index in [1.54, 1.807) is 6.07 Å². The Morgan fingerprint density at radius 3 is 2.50 bits per heavy atom. The molecule has 0 saturated heterocycles. The Hall–Kier alpha value is -2.49. The molecule has 0 aromatic heterocycles.